The van der Waals surface area contributed by atoms with E-state index < -0.39 is 0 Å². The molecule has 3 nitrogen and oxygen atoms in total. The lowest BCUT2D eigenvalue weighted by molar-refractivity contribution is 0.776. The maximum atomic E-state index is 5.90. The molecule has 0 bridgehead atoms. The molecule has 2 aromatic rings. The molecule has 0 fully saturated rings. The topological polar surface area (TPSA) is 30.7 Å². The summed E-state index contributed by atoms with van der Waals surface area (Å²) in [5.74, 6) is 0. The molecule has 0 spiro atoms. The van der Waals surface area contributed by atoms with Crippen molar-refractivity contribution in [1.29, 1.82) is 0 Å². The van der Waals surface area contributed by atoms with E-state index >= 15 is 0 Å². The standard InChI is InChI=1S/C7H5Cl2N3/c1-12-3-4-5(8)2-6(9)10-7(4)11-12/h2-3H,1H3. The second kappa shape index (κ2) is 2.61. The third-order valence-electron chi connectivity index (χ3n) is 1.53. The van der Waals surface area contributed by atoms with Gasteiger partial charge in [-0.25, -0.2) is 4.98 Å². The van der Waals surface area contributed by atoms with Crippen LogP contribution in [-0.4, -0.2) is 14.8 Å². The minimum atomic E-state index is 0.367. The monoisotopic (exact) mass is 201 g/mol. The van der Waals surface area contributed by atoms with Crippen molar-refractivity contribution >= 4 is 34.2 Å². The molecule has 5 heteroatoms. The first-order valence-electron chi connectivity index (χ1n) is 3.32. The van der Waals surface area contributed by atoms with Crippen LogP contribution in [0.3, 0.4) is 0 Å². The van der Waals surface area contributed by atoms with Gasteiger partial charge in [0, 0.05) is 13.2 Å². The minimum Gasteiger partial charge on any atom is -0.273 e. The molecule has 0 aliphatic carbocycles. The maximum Gasteiger partial charge on any atom is 0.184 e. The maximum absolute atomic E-state index is 5.90. The molecule has 2 aromatic heterocycles. The van der Waals surface area contributed by atoms with Gasteiger partial charge in [-0.05, 0) is 6.07 Å². The second-order valence-electron chi connectivity index (χ2n) is 2.47. The smallest absolute Gasteiger partial charge is 0.184 e. The Morgan fingerprint density at radius 1 is 1.42 bits per heavy atom. The van der Waals surface area contributed by atoms with Crippen LogP contribution in [0.5, 0.6) is 0 Å². The van der Waals surface area contributed by atoms with Crippen molar-refractivity contribution in [2.75, 3.05) is 0 Å². The zero-order chi connectivity index (χ0) is 8.72. The summed E-state index contributed by atoms with van der Waals surface area (Å²) in [7, 11) is 1.81. The summed E-state index contributed by atoms with van der Waals surface area (Å²) in [5.41, 5.74) is 0.579. The SMILES string of the molecule is Cn1cc2c(Cl)cc(Cl)nc2n1. The van der Waals surface area contributed by atoms with Crippen LogP contribution in [0.1, 0.15) is 0 Å². The second-order valence-corrected chi connectivity index (χ2v) is 3.26. The van der Waals surface area contributed by atoms with Crippen LogP contribution in [0.2, 0.25) is 10.2 Å². The van der Waals surface area contributed by atoms with Crippen LogP contribution < -0.4 is 0 Å². The summed E-state index contributed by atoms with van der Waals surface area (Å²) in [6.07, 6.45) is 1.81. The molecule has 0 saturated heterocycles. The van der Waals surface area contributed by atoms with Crippen molar-refractivity contribution in [1.82, 2.24) is 14.8 Å². The molecule has 0 aliphatic heterocycles. The van der Waals surface area contributed by atoms with Crippen molar-refractivity contribution in [3.8, 4) is 0 Å². The summed E-state index contributed by atoms with van der Waals surface area (Å²) < 4.78 is 1.65. The number of hydrogen-bond acceptors (Lipinski definition) is 2. The first-order valence-corrected chi connectivity index (χ1v) is 4.08. The van der Waals surface area contributed by atoms with Gasteiger partial charge >= 0.3 is 0 Å². The van der Waals surface area contributed by atoms with Gasteiger partial charge in [0.25, 0.3) is 0 Å². The molecule has 62 valence electrons. The van der Waals surface area contributed by atoms with Gasteiger partial charge in [-0.2, -0.15) is 5.10 Å². The van der Waals surface area contributed by atoms with E-state index in [9.17, 15) is 0 Å². The lowest BCUT2D eigenvalue weighted by Crippen LogP contribution is -1.86. The van der Waals surface area contributed by atoms with Crippen molar-refractivity contribution in [2.24, 2.45) is 7.05 Å². The van der Waals surface area contributed by atoms with E-state index in [0.717, 1.165) is 5.39 Å². The van der Waals surface area contributed by atoms with Crippen molar-refractivity contribution < 1.29 is 0 Å². The first-order chi connectivity index (χ1) is 5.66. The lowest BCUT2D eigenvalue weighted by atomic mass is 10.4. The summed E-state index contributed by atoms with van der Waals surface area (Å²) in [5, 5.41) is 5.84. The third-order valence-corrected chi connectivity index (χ3v) is 2.03. The van der Waals surface area contributed by atoms with Crippen molar-refractivity contribution in [2.45, 2.75) is 0 Å². The highest BCUT2D eigenvalue weighted by Crippen LogP contribution is 2.23. The fourth-order valence-electron chi connectivity index (χ4n) is 1.04. The number of aromatic nitrogens is 3. The Kier molecular flexibility index (Phi) is 1.70. The average Bonchev–Trinajstić information content (AvgIpc) is 2.29. The van der Waals surface area contributed by atoms with Crippen LogP contribution in [-0.2, 0) is 7.05 Å². The molecule has 2 rings (SSSR count). The molecule has 0 aliphatic rings. The molecule has 0 unspecified atom stereocenters. The number of halogens is 2. The number of rotatable bonds is 0. The largest absolute Gasteiger partial charge is 0.273 e. The van der Waals surface area contributed by atoms with Crippen LogP contribution in [0.15, 0.2) is 12.3 Å². The normalized spacial score (nSPS) is 10.9. The highest BCUT2D eigenvalue weighted by molar-refractivity contribution is 6.37. The molecular weight excluding hydrogens is 197 g/mol. The van der Waals surface area contributed by atoms with E-state index in [0.29, 0.717) is 15.8 Å². The van der Waals surface area contributed by atoms with Gasteiger partial charge in [0.15, 0.2) is 5.65 Å². The van der Waals surface area contributed by atoms with Crippen LogP contribution in [0.25, 0.3) is 11.0 Å². The van der Waals surface area contributed by atoms with E-state index in [4.69, 9.17) is 23.2 Å². The molecule has 0 N–H and O–H groups in total. The zero-order valence-corrected chi connectivity index (χ0v) is 7.76. The van der Waals surface area contributed by atoms with E-state index in [1.165, 1.54) is 0 Å². The van der Waals surface area contributed by atoms with E-state index in [-0.39, 0.29) is 0 Å². The zero-order valence-electron chi connectivity index (χ0n) is 6.25. The van der Waals surface area contributed by atoms with Crippen molar-refractivity contribution in [3.05, 3.63) is 22.4 Å². The highest BCUT2D eigenvalue weighted by Gasteiger charge is 2.05. The predicted octanol–water partition coefficient (Wildman–Crippen LogP) is 2.28. The first kappa shape index (κ1) is 7.83. The Labute approximate surface area is 78.9 Å². The Bertz CT molecular complexity index is 435. The Hall–Kier alpha value is -0.800. The average molecular weight is 202 g/mol. The summed E-state index contributed by atoms with van der Waals surface area (Å²) in [6, 6.07) is 1.60. The van der Waals surface area contributed by atoms with Crippen LogP contribution in [0, 0.1) is 0 Å². The number of pyridine rings is 1. The molecule has 0 radical (unpaired) electrons. The molecule has 12 heavy (non-hydrogen) atoms. The highest BCUT2D eigenvalue weighted by atomic mass is 35.5. The lowest BCUT2D eigenvalue weighted by Gasteiger charge is -1.91. The Morgan fingerprint density at radius 3 is 2.92 bits per heavy atom. The molecule has 0 saturated carbocycles. The molecular formula is C7H5Cl2N3. The van der Waals surface area contributed by atoms with E-state index in [1.54, 1.807) is 16.9 Å². The van der Waals surface area contributed by atoms with Gasteiger partial charge in [0.2, 0.25) is 0 Å². The number of fused-ring (bicyclic) bond motifs is 1. The molecule has 0 amide bonds. The van der Waals surface area contributed by atoms with Gasteiger partial charge in [-0.15, -0.1) is 0 Å². The fraction of sp³-hybridized carbons (Fsp3) is 0.143. The number of aryl methyl sites for hydroxylation is 1. The van der Waals surface area contributed by atoms with Gasteiger partial charge in [-0.1, -0.05) is 23.2 Å². The number of nitrogens with zero attached hydrogens (tertiary/aromatic N) is 3. The Morgan fingerprint density at radius 2 is 2.17 bits per heavy atom. The van der Waals surface area contributed by atoms with Gasteiger partial charge in [0.05, 0.1) is 10.4 Å². The summed E-state index contributed by atoms with van der Waals surface area (Å²) >= 11 is 11.6. The minimum absolute atomic E-state index is 0.367. The molecule has 0 atom stereocenters. The summed E-state index contributed by atoms with van der Waals surface area (Å²) in [4.78, 5) is 4.01. The Balaban J connectivity index is 2.88. The third kappa shape index (κ3) is 1.15. The van der Waals surface area contributed by atoms with Crippen LogP contribution >= 0.6 is 23.2 Å². The van der Waals surface area contributed by atoms with Gasteiger partial charge < -0.3 is 0 Å². The molecule has 2 heterocycles. The van der Waals surface area contributed by atoms with Crippen molar-refractivity contribution in [3.63, 3.8) is 0 Å². The number of hydrogen-bond donors (Lipinski definition) is 0. The predicted molar refractivity (Wildman–Crippen MR) is 48.5 cm³/mol. The van der Waals surface area contributed by atoms with E-state index in [1.807, 2.05) is 7.05 Å². The summed E-state index contributed by atoms with van der Waals surface area (Å²) in [6.45, 7) is 0. The van der Waals surface area contributed by atoms with Gasteiger partial charge in [-0.3, -0.25) is 4.68 Å². The quantitative estimate of drug-likeness (QED) is 0.613. The fourth-order valence-corrected chi connectivity index (χ4v) is 1.53. The van der Waals surface area contributed by atoms with Crippen LogP contribution in [0.4, 0.5) is 0 Å². The van der Waals surface area contributed by atoms with Gasteiger partial charge in [0.1, 0.15) is 5.15 Å². The molecule has 0 aromatic carbocycles. The van der Waals surface area contributed by atoms with E-state index in [2.05, 4.69) is 10.1 Å².